The zero-order chi connectivity index (χ0) is 15.9. The van der Waals surface area contributed by atoms with E-state index in [1.807, 2.05) is 36.1 Å². The summed E-state index contributed by atoms with van der Waals surface area (Å²) in [5.41, 5.74) is 1.47. The van der Waals surface area contributed by atoms with Crippen molar-refractivity contribution in [2.75, 3.05) is 19.8 Å². The predicted octanol–water partition coefficient (Wildman–Crippen LogP) is 1.37. The van der Waals surface area contributed by atoms with Crippen LogP contribution in [0.25, 0.3) is 5.69 Å². The molecule has 0 bridgehead atoms. The minimum absolute atomic E-state index is 0.0812. The number of nitrogens with zero attached hydrogens (tertiary/aromatic N) is 5. The van der Waals surface area contributed by atoms with E-state index in [2.05, 4.69) is 15.5 Å². The highest BCUT2D eigenvalue weighted by molar-refractivity contribution is 5.95. The molecule has 1 atom stereocenters. The van der Waals surface area contributed by atoms with Gasteiger partial charge >= 0.3 is 0 Å². The zero-order valence-electron chi connectivity index (χ0n) is 13.1. The number of likely N-dealkylation sites (tertiary alicyclic amines) is 1. The summed E-state index contributed by atoms with van der Waals surface area (Å²) in [6, 6.07) is 7.45. The van der Waals surface area contributed by atoms with E-state index in [4.69, 9.17) is 4.74 Å². The van der Waals surface area contributed by atoms with Gasteiger partial charge in [0.1, 0.15) is 0 Å². The molecule has 1 aromatic carbocycles. The molecule has 2 aliphatic rings. The van der Waals surface area contributed by atoms with Crippen molar-refractivity contribution < 1.29 is 9.53 Å². The van der Waals surface area contributed by atoms with Gasteiger partial charge in [0.25, 0.3) is 5.91 Å². The average Bonchev–Trinajstić information content (AvgIpc) is 3.30. The zero-order valence-corrected chi connectivity index (χ0v) is 13.1. The van der Waals surface area contributed by atoms with Crippen LogP contribution in [0.3, 0.4) is 0 Å². The van der Waals surface area contributed by atoms with Crippen LogP contribution in [0.4, 0.5) is 0 Å². The standard InChI is InChI=1S/C16H19N5O2/c1-12-17-18-19-21(12)14-5-3-13(4-6-14)15(22)20-9-2-7-16(20)8-10-23-11-16/h3-6H,2,7-11H2,1H3. The number of hydrogen-bond donors (Lipinski definition) is 0. The number of aryl methyl sites for hydroxylation is 1. The summed E-state index contributed by atoms with van der Waals surface area (Å²) in [6.07, 6.45) is 3.04. The van der Waals surface area contributed by atoms with E-state index >= 15 is 0 Å². The van der Waals surface area contributed by atoms with Crippen LogP contribution in [0.1, 0.15) is 35.4 Å². The quantitative estimate of drug-likeness (QED) is 0.837. The van der Waals surface area contributed by atoms with Gasteiger partial charge in [-0.25, -0.2) is 0 Å². The third-order valence-corrected chi connectivity index (χ3v) is 4.91. The summed E-state index contributed by atoms with van der Waals surface area (Å²) in [6.45, 7) is 4.07. The lowest BCUT2D eigenvalue weighted by atomic mass is 9.95. The minimum atomic E-state index is -0.0812. The minimum Gasteiger partial charge on any atom is -0.379 e. The first-order valence-corrected chi connectivity index (χ1v) is 7.95. The van der Waals surface area contributed by atoms with E-state index in [1.165, 1.54) is 0 Å². The lowest BCUT2D eigenvalue weighted by Gasteiger charge is -2.33. The lowest BCUT2D eigenvalue weighted by Crippen LogP contribution is -2.47. The van der Waals surface area contributed by atoms with Crippen LogP contribution in [0.15, 0.2) is 24.3 Å². The molecular formula is C16H19N5O2. The first-order valence-electron chi connectivity index (χ1n) is 7.95. The van der Waals surface area contributed by atoms with Crippen LogP contribution in [0.2, 0.25) is 0 Å². The van der Waals surface area contributed by atoms with Crippen molar-refractivity contribution in [3.05, 3.63) is 35.7 Å². The van der Waals surface area contributed by atoms with Crippen LogP contribution in [-0.4, -0.2) is 56.3 Å². The SMILES string of the molecule is Cc1nnnn1-c1ccc(C(=O)N2CCCC23CCOC3)cc1. The average molecular weight is 313 g/mol. The van der Waals surface area contributed by atoms with Gasteiger partial charge in [-0.1, -0.05) is 0 Å². The van der Waals surface area contributed by atoms with Crippen LogP contribution in [-0.2, 0) is 4.74 Å². The third kappa shape index (κ3) is 2.31. The maximum absolute atomic E-state index is 12.9. The first kappa shape index (κ1) is 14.3. The van der Waals surface area contributed by atoms with Gasteiger partial charge in [0.15, 0.2) is 5.82 Å². The lowest BCUT2D eigenvalue weighted by molar-refractivity contribution is 0.0550. The summed E-state index contributed by atoms with van der Waals surface area (Å²) in [5.74, 6) is 0.804. The van der Waals surface area contributed by atoms with Crippen molar-refractivity contribution in [1.82, 2.24) is 25.1 Å². The Morgan fingerprint density at radius 1 is 1.26 bits per heavy atom. The number of rotatable bonds is 2. The molecule has 2 fully saturated rings. The van der Waals surface area contributed by atoms with Gasteiger partial charge in [-0.3, -0.25) is 4.79 Å². The fourth-order valence-corrected chi connectivity index (χ4v) is 3.63. The number of tetrazole rings is 1. The molecule has 2 aromatic rings. The summed E-state index contributed by atoms with van der Waals surface area (Å²) in [7, 11) is 0. The molecule has 0 saturated carbocycles. The van der Waals surface area contributed by atoms with Crippen LogP contribution < -0.4 is 0 Å². The van der Waals surface area contributed by atoms with E-state index < -0.39 is 0 Å². The van der Waals surface area contributed by atoms with E-state index in [0.717, 1.165) is 38.1 Å². The summed E-state index contributed by atoms with van der Waals surface area (Å²) in [4.78, 5) is 14.9. The molecule has 1 amide bonds. The molecule has 2 aliphatic heterocycles. The second-order valence-electron chi connectivity index (χ2n) is 6.27. The Kier molecular flexibility index (Phi) is 3.37. The van der Waals surface area contributed by atoms with Gasteiger partial charge in [-0.2, -0.15) is 4.68 Å². The summed E-state index contributed by atoms with van der Waals surface area (Å²) >= 11 is 0. The number of ether oxygens (including phenoxy) is 1. The van der Waals surface area contributed by atoms with Gasteiger partial charge in [0.05, 0.1) is 17.8 Å². The fraction of sp³-hybridized carbons (Fsp3) is 0.500. The number of benzene rings is 1. The number of carbonyl (C=O) groups is 1. The third-order valence-electron chi connectivity index (χ3n) is 4.91. The number of carbonyl (C=O) groups excluding carboxylic acids is 1. The topological polar surface area (TPSA) is 73.1 Å². The molecule has 0 radical (unpaired) electrons. The van der Waals surface area contributed by atoms with Crippen molar-refractivity contribution in [3.8, 4) is 5.69 Å². The molecular weight excluding hydrogens is 294 g/mol. The Morgan fingerprint density at radius 2 is 2.09 bits per heavy atom. The maximum Gasteiger partial charge on any atom is 0.254 e. The van der Waals surface area contributed by atoms with E-state index in [1.54, 1.807) is 4.68 Å². The van der Waals surface area contributed by atoms with Gasteiger partial charge < -0.3 is 9.64 Å². The largest absolute Gasteiger partial charge is 0.379 e. The second kappa shape index (κ2) is 5.42. The van der Waals surface area contributed by atoms with E-state index in [-0.39, 0.29) is 11.4 Å². The number of amides is 1. The highest BCUT2D eigenvalue weighted by Gasteiger charge is 2.46. The highest BCUT2D eigenvalue weighted by atomic mass is 16.5. The molecule has 7 heteroatoms. The normalized spacial score (nSPS) is 23.8. The van der Waals surface area contributed by atoms with Crippen molar-refractivity contribution in [1.29, 1.82) is 0 Å². The molecule has 0 aliphatic carbocycles. The van der Waals surface area contributed by atoms with Gasteiger partial charge in [-0.05, 0) is 60.9 Å². The molecule has 1 aromatic heterocycles. The van der Waals surface area contributed by atoms with E-state index in [9.17, 15) is 4.79 Å². The number of hydrogen-bond acceptors (Lipinski definition) is 5. The highest BCUT2D eigenvalue weighted by Crippen LogP contribution is 2.37. The van der Waals surface area contributed by atoms with Crippen molar-refractivity contribution >= 4 is 5.91 Å². The van der Waals surface area contributed by atoms with Crippen molar-refractivity contribution in [2.24, 2.45) is 0 Å². The maximum atomic E-state index is 12.9. The first-order chi connectivity index (χ1) is 11.2. The second-order valence-corrected chi connectivity index (χ2v) is 6.27. The van der Waals surface area contributed by atoms with Gasteiger partial charge in [0.2, 0.25) is 0 Å². The monoisotopic (exact) mass is 313 g/mol. The fourth-order valence-electron chi connectivity index (χ4n) is 3.63. The molecule has 1 unspecified atom stereocenters. The Bertz CT molecular complexity index is 713. The molecule has 4 rings (SSSR count). The van der Waals surface area contributed by atoms with Crippen molar-refractivity contribution in [2.45, 2.75) is 31.7 Å². The Hall–Kier alpha value is -2.28. The Labute approximate surface area is 134 Å². The molecule has 7 nitrogen and oxygen atoms in total. The van der Waals surface area contributed by atoms with Gasteiger partial charge in [0, 0.05) is 18.7 Å². The van der Waals surface area contributed by atoms with Crippen LogP contribution in [0, 0.1) is 6.92 Å². The Balaban J connectivity index is 1.58. The summed E-state index contributed by atoms with van der Waals surface area (Å²) in [5, 5.41) is 11.5. The smallest absolute Gasteiger partial charge is 0.254 e. The van der Waals surface area contributed by atoms with Crippen LogP contribution >= 0.6 is 0 Å². The van der Waals surface area contributed by atoms with Crippen molar-refractivity contribution in [3.63, 3.8) is 0 Å². The Morgan fingerprint density at radius 3 is 2.74 bits per heavy atom. The van der Waals surface area contributed by atoms with E-state index in [0.29, 0.717) is 18.0 Å². The predicted molar refractivity (Wildman–Crippen MR) is 82.3 cm³/mol. The number of aromatic nitrogens is 4. The molecule has 2 saturated heterocycles. The molecule has 1 spiro atoms. The molecule has 3 heterocycles. The molecule has 0 N–H and O–H groups in total. The molecule has 120 valence electrons. The van der Waals surface area contributed by atoms with Gasteiger partial charge in [-0.15, -0.1) is 5.10 Å². The summed E-state index contributed by atoms with van der Waals surface area (Å²) < 4.78 is 7.21. The van der Waals surface area contributed by atoms with Crippen LogP contribution in [0.5, 0.6) is 0 Å². The molecule has 23 heavy (non-hydrogen) atoms.